The molecule has 0 fully saturated rings. The number of rotatable bonds is 5. The van der Waals surface area contributed by atoms with Crippen molar-refractivity contribution in [3.05, 3.63) is 41.9 Å². The van der Waals surface area contributed by atoms with Crippen molar-refractivity contribution in [1.29, 1.82) is 0 Å². The minimum absolute atomic E-state index is 0.125. The molecule has 1 N–H and O–H groups in total. The number of amides is 1. The van der Waals surface area contributed by atoms with E-state index in [1.54, 1.807) is 6.26 Å². The fourth-order valence-corrected chi connectivity index (χ4v) is 4.35. The van der Waals surface area contributed by atoms with E-state index in [1.807, 2.05) is 43.7 Å². The lowest BCUT2D eigenvalue weighted by atomic mass is 10.2. The Bertz CT molecular complexity index is 1130. The maximum atomic E-state index is 12.3. The van der Waals surface area contributed by atoms with Crippen molar-refractivity contribution in [2.75, 3.05) is 11.1 Å². The number of carbonyl (C=O) groups excluding carboxylic acids is 1. The molecule has 0 saturated carbocycles. The number of furan rings is 1. The van der Waals surface area contributed by atoms with Gasteiger partial charge < -0.3 is 14.3 Å². The molecular formula is C18H17N5O2S2. The van der Waals surface area contributed by atoms with Gasteiger partial charge in [-0.05, 0) is 37.6 Å². The van der Waals surface area contributed by atoms with Crippen LogP contribution in [0.1, 0.15) is 11.3 Å². The van der Waals surface area contributed by atoms with E-state index in [0.717, 1.165) is 21.5 Å². The summed E-state index contributed by atoms with van der Waals surface area (Å²) in [7, 11) is 1.87. The average Bonchev–Trinajstić information content (AvgIpc) is 3.31. The van der Waals surface area contributed by atoms with Crippen molar-refractivity contribution in [3.8, 4) is 11.4 Å². The van der Waals surface area contributed by atoms with E-state index in [-0.39, 0.29) is 11.7 Å². The number of anilines is 1. The summed E-state index contributed by atoms with van der Waals surface area (Å²) in [5, 5.41) is 12.5. The monoisotopic (exact) mass is 399 g/mol. The fraction of sp³-hybridized carbons (Fsp3) is 0.222. The average molecular weight is 400 g/mol. The van der Waals surface area contributed by atoms with E-state index < -0.39 is 0 Å². The Hall–Kier alpha value is -2.65. The van der Waals surface area contributed by atoms with Gasteiger partial charge in [-0.1, -0.05) is 29.2 Å². The zero-order chi connectivity index (χ0) is 19.0. The number of benzene rings is 1. The van der Waals surface area contributed by atoms with Gasteiger partial charge in [0.1, 0.15) is 5.76 Å². The number of thioether (sulfide) groups is 1. The van der Waals surface area contributed by atoms with Gasteiger partial charge >= 0.3 is 0 Å². The first-order valence-electron chi connectivity index (χ1n) is 8.25. The minimum Gasteiger partial charge on any atom is -0.469 e. The molecule has 138 valence electrons. The highest BCUT2D eigenvalue weighted by atomic mass is 32.2. The lowest BCUT2D eigenvalue weighted by molar-refractivity contribution is -0.113. The smallest absolute Gasteiger partial charge is 0.236 e. The number of aryl methyl sites for hydroxylation is 2. The van der Waals surface area contributed by atoms with Gasteiger partial charge in [0, 0.05) is 7.05 Å². The lowest BCUT2D eigenvalue weighted by Gasteiger charge is -2.03. The second-order valence-electron chi connectivity index (χ2n) is 6.08. The summed E-state index contributed by atoms with van der Waals surface area (Å²) in [4.78, 5) is 16.7. The third kappa shape index (κ3) is 3.60. The van der Waals surface area contributed by atoms with Crippen LogP contribution in [0.5, 0.6) is 0 Å². The Morgan fingerprint density at radius 2 is 2.15 bits per heavy atom. The normalized spacial score (nSPS) is 11.2. The second kappa shape index (κ2) is 7.16. The molecule has 9 heteroatoms. The highest BCUT2D eigenvalue weighted by Crippen LogP contribution is 2.28. The molecule has 1 aromatic carbocycles. The highest BCUT2D eigenvalue weighted by Gasteiger charge is 2.16. The first-order valence-corrected chi connectivity index (χ1v) is 10.0. The first kappa shape index (κ1) is 17.7. The summed E-state index contributed by atoms with van der Waals surface area (Å²) < 4.78 is 8.24. The molecule has 0 atom stereocenters. The van der Waals surface area contributed by atoms with Crippen LogP contribution >= 0.6 is 23.1 Å². The summed E-state index contributed by atoms with van der Waals surface area (Å²) in [5.74, 6) is 1.60. The van der Waals surface area contributed by atoms with E-state index in [1.165, 1.54) is 28.7 Å². The van der Waals surface area contributed by atoms with E-state index >= 15 is 0 Å². The predicted octanol–water partition coefficient (Wildman–Crippen LogP) is 4.03. The number of carbonyl (C=O) groups is 1. The van der Waals surface area contributed by atoms with Crippen molar-refractivity contribution in [2.24, 2.45) is 7.05 Å². The van der Waals surface area contributed by atoms with E-state index in [4.69, 9.17) is 4.42 Å². The topological polar surface area (TPSA) is 85.8 Å². The molecule has 4 rings (SSSR count). The third-order valence-electron chi connectivity index (χ3n) is 4.06. The maximum absolute atomic E-state index is 12.3. The standard InChI is InChI=1S/C18H17N5O2S2/c1-10-4-5-13-14(8-10)27-17(19-13)20-15(24)9-26-18-22-21-16(23(18)3)12-6-7-25-11(12)2/h4-8H,9H2,1-3H3,(H,19,20,24). The SMILES string of the molecule is Cc1ccc2nc(NC(=O)CSc3nnc(-c4ccoc4C)n3C)sc2c1. The molecular weight excluding hydrogens is 382 g/mol. The first-order chi connectivity index (χ1) is 13.0. The van der Waals surface area contributed by atoms with Crippen LogP contribution in [-0.2, 0) is 11.8 Å². The highest BCUT2D eigenvalue weighted by molar-refractivity contribution is 7.99. The summed E-state index contributed by atoms with van der Waals surface area (Å²) >= 11 is 2.80. The molecule has 0 bridgehead atoms. The van der Waals surface area contributed by atoms with Crippen molar-refractivity contribution in [3.63, 3.8) is 0 Å². The summed E-state index contributed by atoms with van der Waals surface area (Å²) in [6, 6.07) is 7.90. The van der Waals surface area contributed by atoms with Gasteiger partial charge in [-0.15, -0.1) is 10.2 Å². The summed E-state index contributed by atoms with van der Waals surface area (Å²) in [6.07, 6.45) is 1.62. The Kier molecular flexibility index (Phi) is 4.71. The van der Waals surface area contributed by atoms with E-state index in [0.29, 0.717) is 16.1 Å². The number of hydrogen-bond donors (Lipinski definition) is 1. The largest absolute Gasteiger partial charge is 0.469 e. The quantitative estimate of drug-likeness (QED) is 0.510. The van der Waals surface area contributed by atoms with Gasteiger partial charge in [0.25, 0.3) is 0 Å². The molecule has 1 amide bonds. The van der Waals surface area contributed by atoms with Crippen LogP contribution < -0.4 is 5.32 Å². The lowest BCUT2D eigenvalue weighted by Crippen LogP contribution is -2.14. The molecule has 0 aliphatic carbocycles. The zero-order valence-corrected chi connectivity index (χ0v) is 16.6. The third-order valence-corrected chi connectivity index (χ3v) is 6.01. The molecule has 3 aromatic heterocycles. The molecule has 4 aromatic rings. The van der Waals surface area contributed by atoms with Gasteiger partial charge in [0.2, 0.25) is 5.91 Å². The summed E-state index contributed by atoms with van der Waals surface area (Å²) in [5.41, 5.74) is 2.96. The molecule has 0 aliphatic rings. The van der Waals surface area contributed by atoms with Crippen LogP contribution in [-0.4, -0.2) is 31.4 Å². The minimum atomic E-state index is -0.125. The second-order valence-corrected chi connectivity index (χ2v) is 8.06. The molecule has 27 heavy (non-hydrogen) atoms. The number of fused-ring (bicyclic) bond motifs is 1. The van der Waals surface area contributed by atoms with Crippen LogP contribution in [0.2, 0.25) is 0 Å². The van der Waals surface area contributed by atoms with Gasteiger partial charge in [-0.25, -0.2) is 4.98 Å². The summed E-state index contributed by atoms with van der Waals surface area (Å²) in [6.45, 7) is 3.91. The number of hydrogen-bond acceptors (Lipinski definition) is 7. The van der Waals surface area contributed by atoms with Crippen LogP contribution in [0.15, 0.2) is 40.1 Å². The molecule has 7 nitrogen and oxygen atoms in total. The van der Waals surface area contributed by atoms with Gasteiger partial charge in [0.15, 0.2) is 16.1 Å². The van der Waals surface area contributed by atoms with Crippen LogP contribution in [0.25, 0.3) is 21.6 Å². The van der Waals surface area contributed by atoms with Crippen molar-refractivity contribution < 1.29 is 9.21 Å². The molecule has 0 saturated heterocycles. The van der Waals surface area contributed by atoms with Crippen LogP contribution in [0.4, 0.5) is 5.13 Å². The molecule has 3 heterocycles. The Morgan fingerprint density at radius 1 is 1.30 bits per heavy atom. The number of nitrogens with one attached hydrogen (secondary N) is 1. The Morgan fingerprint density at radius 3 is 2.93 bits per heavy atom. The van der Waals surface area contributed by atoms with E-state index in [9.17, 15) is 4.79 Å². The van der Waals surface area contributed by atoms with Crippen molar-refractivity contribution in [1.82, 2.24) is 19.7 Å². The van der Waals surface area contributed by atoms with Crippen molar-refractivity contribution >= 4 is 44.4 Å². The maximum Gasteiger partial charge on any atom is 0.236 e. The zero-order valence-electron chi connectivity index (χ0n) is 15.0. The predicted molar refractivity (Wildman–Crippen MR) is 107 cm³/mol. The van der Waals surface area contributed by atoms with Crippen LogP contribution in [0.3, 0.4) is 0 Å². The number of thiazole rings is 1. The molecule has 0 radical (unpaired) electrons. The number of nitrogens with zero attached hydrogens (tertiary/aromatic N) is 4. The molecule has 0 aliphatic heterocycles. The molecule has 0 spiro atoms. The van der Waals surface area contributed by atoms with Gasteiger partial charge in [0.05, 0.1) is 27.8 Å². The van der Waals surface area contributed by atoms with Gasteiger partial charge in [-0.3, -0.25) is 4.79 Å². The Labute approximate surface area is 163 Å². The van der Waals surface area contributed by atoms with E-state index in [2.05, 4.69) is 26.6 Å². The van der Waals surface area contributed by atoms with Crippen molar-refractivity contribution in [2.45, 2.75) is 19.0 Å². The molecule has 0 unspecified atom stereocenters. The number of aromatic nitrogens is 4. The Balaban J connectivity index is 1.42. The van der Waals surface area contributed by atoms with Crippen LogP contribution in [0, 0.1) is 13.8 Å². The van der Waals surface area contributed by atoms with Gasteiger partial charge in [-0.2, -0.15) is 0 Å². The fourth-order valence-electron chi connectivity index (χ4n) is 2.66.